The van der Waals surface area contributed by atoms with Crippen LogP contribution in [-0.4, -0.2) is 53.7 Å². The Hall–Kier alpha value is -0.200. The molecular formula is C22H46O5. The smallest absolute Gasteiger partial charge is 0.285 e. The molecule has 0 heterocycles. The van der Waals surface area contributed by atoms with Crippen LogP contribution in [0.5, 0.6) is 0 Å². The van der Waals surface area contributed by atoms with E-state index in [-0.39, 0.29) is 5.92 Å². The highest BCUT2D eigenvalue weighted by Crippen LogP contribution is 2.32. The lowest BCUT2D eigenvalue weighted by Crippen LogP contribution is -2.44. The summed E-state index contributed by atoms with van der Waals surface area (Å²) in [6.45, 7) is 7.52. The van der Waals surface area contributed by atoms with Crippen molar-refractivity contribution >= 4 is 0 Å². The van der Waals surface area contributed by atoms with E-state index in [1.165, 1.54) is 38.5 Å². The first-order valence-corrected chi connectivity index (χ1v) is 11.0. The first-order chi connectivity index (χ1) is 13.2. The molecule has 0 fully saturated rings. The van der Waals surface area contributed by atoms with Crippen molar-refractivity contribution in [2.45, 2.75) is 90.4 Å². The van der Waals surface area contributed by atoms with E-state index in [1.807, 2.05) is 0 Å². The second-order valence-corrected chi connectivity index (χ2v) is 7.19. The lowest BCUT2D eigenvalue weighted by atomic mass is 9.93. The van der Waals surface area contributed by atoms with Gasteiger partial charge in [0.05, 0.1) is 0 Å². The molecule has 27 heavy (non-hydrogen) atoms. The summed E-state index contributed by atoms with van der Waals surface area (Å²) in [7, 11) is 4.98. The number of hydrogen-bond donors (Lipinski definition) is 0. The molecule has 1 unspecified atom stereocenters. The van der Waals surface area contributed by atoms with Crippen molar-refractivity contribution in [1.82, 2.24) is 0 Å². The van der Waals surface area contributed by atoms with Crippen LogP contribution in [0.3, 0.4) is 0 Å². The fourth-order valence-corrected chi connectivity index (χ4v) is 3.46. The van der Waals surface area contributed by atoms with Crippen LogP contribution in [0.15, 0.2) is 0 Å². The third-order valence-electron chi connectivity index (χ3n) is 5.03. The number of methoxy groups -OCH3 is 3. The van der Waals surface area contributed by atoms with Crippen LogP contribution in [0.4, 0.5) is 0 Å². The van der Waals surface area contributed by atoms with Gasteiger partial charge in [-0.05, 0) is 32.1 Å². The lowest BCUT2D eigenvalue weighted by molar-refractivity contribution is -0.380. The van der Waals surface area contributed by atoms with Crippen molar-refractivity contribution in [3.63, 3.8) is 0 Å². The second-order valence-electron chi connectivity index (χ2n) is 7.19. The van der Waals surface area contributed by atoms with E-state index in [0.717, 1.165) is 58.5 Å². The molecule has 0 aliphatic heterocycles. The molecule has 5 heteroatoms. The van der Waals surface area contributed by atoms with Gasteiger partial charge in [-0.15, -0.1) is 0 Å². The minimum absolute atomic E-state index is 0.208. The zero-order chi connectivity index (χ0) is 20.2. The zero-order valence-electron chi connectivity index (χ0n) is 18.7. The average molecular weight is 391 g/mol. The number of hydrogen-bond acceptors (Lipinski definition) is 5. The van der Waals surface area contributed by atoms with Crippen LogP contribution < -0.4 is 0 Å². The summed E-state index contributed by atoms with van der Waals surface area (Å²) in [5, 5.41) is 0. The van der Waals surface area contributed by atoms with Crippen molar-refractivity contribution in [3.05, 3.63) is 0 Å². The molecule has 0 amide bonds. The fourth-order valence-electron chi connectivity index (χ4n) is 3.46. The maximum atomic E-state index is 5.75. The predicted molar refractivity (Wildman–Crippen MR) is 111 cm³/mol. The quantitative estimate of drug-likeness (QED) is 0.190. The summed E-state index contributed by atoms with van der Waals surface area (Å²) in [6, 6.07) is 0. The Morgan fingerprint density at radius 3 is 1.67 bits per heavy atom. The van der Waals surface area contributed by atoms with Gasteiger partial charge in [0.1, 0.15) is 0 Å². The molecule has 0 aliphatic rings. The largest absolute Gasteiger partial charge is 0.381 e. The number of ether oxygens (including phenoxy) is 5. The Bertz CT molecular complexity index is 286. The summed E-state index contributed by atoms with van der Waals surface area (Å²) in [5.74, 6) is -0.739. The van der Waals surface area contributed by atoms with Crippen molar-refractivity contribution in [2.75, 3.05) is 47.8 Å². The van der Waals surface area contributed by atoms with E-state index in [2.05, 4.69) is 13.8 Å². The van der Waals surface area contributed by atoms with E-state index in [9.17, 15) is 0 Å². The van der Waals surface area contributed by atoms with Crippen molar-refractivity contribution in [3.8, 4) is 0 Å². The topological polar surface area (TPSA) is 46.2 Å². The summed E-state index contributed by atoms with van der Waals surface area (Å²) < 4.78 is 28.1. The first kappa shape index (κ1) is 26.8. The highest BCUT2D eigenvalue weighted by molar-refractivity contribution is 4.71. The summed E-state index contributed by atoms with van der Waals surface area (Å²) in [4.78, 5) is 0. The maximum absolute atomic E-state index is 5.75. The van der Waals surface area contributed by atoms with E-state index >= 15 is 0 Å². The fraction of sp³-hybridized carbons (Fsp3) is 1.00. The molecule has 0 bridgehead atoms. The van der Waals surface area contributed by atoms with Crippen LogP contribution in [-0.2, 0) is 23.7 Å². The van der Waals surface area contributed by atoms with Crippen molar-refractivity contribution < 1.29 is 23.7 Å². The van der Waals surface area contributed by atoms with Gasteiger partial charge in [0.15, 0.2) is 0 Å². The lowest BCUT2D eigenvalue weighted by Gasteiger charge is -2.36. The monoisotopic (exact) mass is 390 g/mol. The maximum Gasteiger partial charge on any atom is 0.285 e. The van der Waals surface area contributed by atoms with Gasteiger partial charge in [0.25, 0.3) is 5.97 Å². The molecule has 0 aromatic heterocycles. The Morgan fingerprint density at radius 1 is 0.556 bits per heavy atom. The Kier molecular flexibility index (Phi) is 19.0. The van der Waals surface area contributed by atoms with Crippen LogP contribution in [0, 0.1) is 5.92 Å². The molecule has 0 spiro atoms. The molecule has 0 saturated carbocycles. The molecule has 1 atom stereocenters. The molecular weight excluding hydrogens is 344 g/mol. The SMILES string of the molecule is CCCCCCCCC(CCCOCCCOCCC)C(OC)(OC)OC. The van der Waals surface area contributed by atoms with Gasteiger partial charge in [-0.2, -0.15) is 0 Å². The Balaban J connectivity index is 4.15. The van der Waals surface area contributed by atoms with Gasteiger partial charge in [-0.3, -0.25) is 0 Å². The third kappa shape index (κ3) is 12.8. The van der Waals surface area contributed by atoms with Crippen LogP contribution >= 0.6 is 0 Å². The first-order valence-electron chi connectivity index (χ1n) is 11.0. The highest BCUT2D eigenvalue weighted by atomic mass is 16.9. The molecule has 0 radical (unpaired) electrons. The van der Waals surface area contributed by atoms with Crippen LogP contribution in [0.25, 0.3) is 0 Å². The van der Waals surface area contributed by atoms with Gasteiger partial charge >= 0.3 is 0 Å². The molecule has 0 aromatic carbocycles. The van der Waals surface area contributed by atoms with Gasteiger partial charge < -0.3 is 23.7 Å². The van der Waals surface area contributed by atoms with Gasteiger partial charge in [0, 0.05) is 53.7 Å². The summed E-state index contributed by atoms with van der Waals surface area (Å²) >= 11 is 0. The Labute approximate surface area is 168 Å². The van der Waals surface area contributed by atoms with Gasteiger partial charge in [-0.25, -0.2) is 0 Å². The van der Waals surface area contributed by atoms with E-state index in [4.69, 9.17) is 23.7 Å². The van der Waals surface area contributed by atoms with E-state index < -0.39 is 5.97 Å². The number of unbranched alkanes of at least 4 members (excludes halogenated alkanes) is 5. The number of rotatable bonds is 21. The molecule has 0 aromatic rings. The average Bonchev–Trinajstić information content (AvgIpc) is 2.70. The van der Waals surface area contributed by atoms with Gasteiger partial charge in [-0.1, -0.05) is 52.4 Å². The highest BCUT2D eigenvalue weighted by Gasteiger charge is 2.39. The standard InChI is InChI=1S/C22H46O5/c1-6-8-9-10-11-12-15-21(22(23-3,24-4)25-5)16-13-18-27-20-14-19-26-17-7-2/h21H,6-20H2,1-5H3. The normalized spacial score (nSPS) is 13.2. The molecule has 164 valence electrons. The molecule has 5 nitrogen and oxygen atoms in total. The molecule has 0 saturated heterocycles. The van der Waals surface area contributed by atoms with Gasteiger partial charge in [0.2, 0.25) is 0 Å². The molecule has 0 N–H and O–H groups in total. The molecule has 0 aliphatic carbocycles. The van der Waals surface area contributed by atoms with E-state index in [1.54, 1.807) is 21.3 Å². The van der Waals surface area contributed by atoms with Crippen molar-refractivity contribution in [2.24, 2.45) is 5.92 Å². The molecule has 0 rings (SSSR count). The third-order valence-corrected chi connectivity index (χ3v) is 5.03. The summed E-state index contributed by atoms with van der Waals surface area (Å²) in [5.41, 5.74) is 0. The minimum atomic E-state index is -0.947. The zero-order valence-corrected chi connectivity index (χ0v) is 18.7. The van der Waals surface area contributed by atoms with Crippen LogP contribution in [0.1, 0.15) is 84.5 Å². The second kappa shape index (κ2) is 19.1. The van der Waals surface area contributed by atoms with Crippen molar-refractivity contribution in [1.29, 1.82) is 0 Å². The Morgan fingerprint density at radius 2 is 1.07 bits per heavy atom. The van der Waals surface area contributed by atoms with E-state index in [0.29, 0.717) is 0 Å². The van der Waals surface area contributed by atoms with Crippen LogP contribution in [0.2, 0.25) is 0 Å². The minimum Gasteiger partial charge on any atom is -0.381 e. The summed E-state index contributed by atoms with van der Waals surface area (Å²) in [6.07, 6.45) is 12.7. The predicted octanol–water partition coefficient (Wildman–Crippen LogP) is 5.56.